The second-order valence-electron chi connectivity index (χ2n) is 29.2. The molecule has 4 aromatic rings. The number of hydrogen-bond donors (Lipinski definition) is 4. The van der Waals surface area contributed by atoms with Crippen LogP contribution >= 0.6 is 0 Å². The van der Waals surface area contributed by atoms with Crippen LogP contribution in [0.4, 0.5) is 9.59 Å². The number of fused-ring (bicyclic) bond motifs is 6. The van der Waals surface area contributed by atoms with Crippen molar-refractivity contribution in [2.24, 2.45) is 5.73 Å². The second-order valence-corrected chi connectivity index (χ2v) is 29.2. The van der Waals surface area contributed by atoms with Crippen molar-refractivity contribution in [2.75, 3.05) is 211 Å². The molecule has 4 aromatic carbocycles. The molecular formula is C90H142N4O28. The number of Topliss-reactive ketones (excluding diaryl/α,β-unsaturated/α-hetero) is 1. The number of ketones is 1. The van der Waals surface area contributed by atoms with Crippen molar-refractivity contribution in [3.05, 3.63) is 119 Å². The summed E-state index contributed by atoms with van der Waals surface area (Å²) >= 11 is 0. The highest BCUT2D eigenvalue weighted by atomic mass is 16.6. The van der Waals surface area contributed by atoms with Crippen LogP contribution in [0.25, 0.3) is 22.3 Å². The number of hydrogen-bond acceptors (Lipinski definition) is 27. The lowest BCUT2D eigenvalue weighted by molar-refractivity contribution is -0.157. The van der Waals surface area contributed by atoms with Crippen molar-refractivity contribution in [1.29, 1.82) is 0 Å². The fourth-order valence-electron chi connectivity index (χ4n) is 11.2. The summed E-state index contributed by atoms with van der Waals surface area (Å²) in [4.78, 5) is 110. The Morgan fingerprint density at radius 2 is 0.590 bits per heavy atom. The van der Waals surface area contributed by atoms with Gasteiger partial charge in [-0.2, -0.15) is 0 Å². The molecule has 32 heteroatoms. The van der Waals surface area contributed by atoms with Crippen LogP contribution < -0.4 is 11.1 Å². The van der Waals surface area contributed by atoms with E-state index in [9.17, 15) is 43.2 Å². The summed E-state index contributed by atoms with van der Waals surface area (Å²) < 4.78 is 91.8. The Kier molecular flexibility index (Phi) is 61.9. The number of aliphatic carboxylic acids is 2. The lowest BCUT2D eigenvalue weighted by Gasteiger charge is -2.23. The van der Waals surface area contributed by atoms with E-state index in [1.54, 1.807) is 0 Å². The molecule has 5 N–H and O–H groups in total. The number of carbonyl (C=O) groups is 9. The van der Waals surface area contributed by atoms with E-state index in [0.29, 0.717) is 157 Å². The van der Waals surface area contributed by atoms with Gasteiger partial charge < -0.3 is 102 Å². The number of rotatable bonds is 57. The molecule has 6 rings (SSSR count). The number of benzene rings is 4. The zero-order valence-corrected chi connectivity index (χ0v) is 75.0. The largest absolute Gasteiger partial charge is 0.480 e. The first-order valence-corrected chi connectivity index (χ1v) is 42.3. The third-order valence-electron chi connectivity index (χ3n) is 16.1. The van der Waals surface area contributed by atoms with Gasteiger partial charge in [0.05, 0.1) is 178 Å². The minimum Gasteiger partial charge on any atom is -0.480 e. The number of carbonyl (C=O) groups excluding carboxylic acids is 7. The summed E-state index contributed by atoms with van der Waals surface area (Å²) in [5, 5.41) is 20.4. The Balaban J connectivity index is 0.00000111. The maximum atomic E-state index is 13.6. The van der Waals surface area contributed by atoms with Gasteiger partial charge in [-0.05, 0) is 113 Å². The molecule has 0 saturated carbocycles. The summed E-state index contributed by atoms with van der Waals surface area (Å²) in [5.41, 5.74) is 12.2. The minimum atomic E-state index is -1.31. The summed E-state index contributed by atoms with van der Waals surface area (Å²) in [6.45, 7) is 36.3. The maximum Gasteiger partial charge on any atom is 0.410 e. The van der Waals surface area contributed by atoms with Crippen LogP contribution in [-0.2, 0) is 114 Å². The van der Waals surface area contributed by atoms with Gasteiger partial charge in [0, 0.05) is 38.0 Å². The highest BCUT2D eigenvalue weighted by molar-refractivity contribution is 5.88. The van der Waals surface area contributed by atoms with Crippen molar-refractivity contribution < 1.29 is 134 Å². The first kappa shape index (κ1) is 111. The number of esters is 3. The van der Waals surface area contributed by atoms with E-state index in [0.717, 1.165) is 49.4 Å². The monoisotopic (exact) mass is 1730 g/mol. The van der Waals surface area contributed by atoms with Gasteiger partial charge in [0.25, 0.3) is 0 Å². The van der Waals surface area contributed by atoms with E-state index >= 15 is 0 Å². The molecule has 2 aliphatic rings. The zero-order chi connectivity index (χ0) is 90.8. The number of carboxylic acids is 2. The van der Waals surface area contributed by atoms with Crippen molar-refractivity contribution in [3.63, 3.8) is 0 Å². The molecule has 0 saturated heterocycles. The summed E-state index contributed by atoms with van der Waals surface area (Å²) in [6, 6.07) is 31.6. The Morgan fingerprint density at radius 1 is 0.336 bits per heavy atom. The Morgan fingerprint density at radius 3 is 0.869 bits per heavy atom. The first-order valence-electron chi connectivity index (χ1n) is 42.3. The predicted octanol–water partition coefficient (Wildman–Crippen LogP) is 11.5. The number of nitrogens with one attached hydrogen (secondary N) is 1. The molecule has 690 valence electrons. The van der Waals surface area contributed by atoms with Gasteiger partial charge in [-0.15, -0.1) is 0 Å². The van der Waals surface area contributed by atoms with Gasteiger partial charge >= 0.3 is 42.0 Å². The number of amides is 3. The van der Waals surface area contributed by atoms with Gasteiger partial charge in [-0.1, -0.05) is 139 Å². The SMILES string of the molecule is CC.CC.CC.CC(C)(C)OC(=O)CCOCCOCCOCCOCCCC(=O)CN(CC(=O)NCCOCCOCCOCCOCCC(=O)OC(C)(C)C)C(=O)OCC1c2ccccc2-c2ccccc21.CC(C)(C)OC(=O)CCOCCOCCOCCOCCN.O=C(O)CN(CC(=O)O)C(=O)OCC1c2ccccc2-c2ccccc21. The molecule has 0 fully saturated rings. The molecule has 0 unspecified atom stereocenters. The maximum absolute atomic E-state index is 13.6. The fourth-order valence-corrected chi connectivity index (χ4v) is 11.2. The zero-order valence-electron chi connectivity index (χ0n) is 75.0. The van der Waals surface area contributed by atoms with Crippen LogP contribution in [0.3, 0.4) is 0 Å². The molecule has 0 bridgehead atoms. The number of ether oxygens (including phenoxy) is 17. The van der Waals surface area contributed by atoms with Crippen molar-refractivity contribution in [2.45, 2.75) is 165 Å². The van der Waals surface area contributed by atoms with Gasteiger partial charge in [0.2, 0.25) is 5.91 Å². The van der Waals surface area contributed by atoms with E-state index in [1.165, 1.54) is 0 Å². The van der Waals surface area contributed by atoms with Gasteiger partial charge in [-0.25, -0.2) is 9.59 Å². The number of nitrogens with two attached hydrogens (primary N) is 1. The molecular weight excluding hydrogens is 1580 g/mol. The van der Waals surface area contributed by atoms with E-state index < -0.39 is 59.9 Å². The summed E-state index contributed by atoms with van der Waals surface area (Å²) in [5.74, 6) is -4.54. The second kappa shape index (κ2) is 67.8. The molecule has 0 aromatic heterocycles. The average molecular weight is 1730 g/mol. The molecule has 32 nitrogen and oxygen atoms in total. The lowest BCUT2D eigenvalue weighted by atomic mass is 9.98. The minimum absolute atomic E-state index is 0.00258. The number of nitrogens with zero attached hydrogens (tertiary/aromatic N) is 2. The van der Waals surface area contributed by atoms with Crippen molar-refractivity contribution in [1.82, 2.24) is 15.1 Å². The Hall–Kier alpha value is -8.61. The van der Waals surface area contributed by atoms with Gasteiger partial charge in [0.15, 0.2) is 5.78 Å². The quantitative estimate of drug-likeness (QED) is 0.0181. The van der Waals surface area contributed by atoms with Crippen LogP contribution in [0.1, 0.15) is 170 Å². The van der Waals surface area contributed by atoms with Crippen LogP contribution in [0.5, 0.6) is 0 Å². The van der Waals surface area contributed by atoms with Crippen molar-refractivity contribution in [3.8, 4) is 22.3 Å². The lowest BCUT2D eigenvalue weighted by Crippen LogP contribution is -2.44. The smallest absolute Gasteiger partial charge is 0.410 e. The van der Waals surface area contributed by atoms with Crippen LogP contribution in [0, 0.1) is 0 Å². The van der Waals surface area contributed by atoms with E-state index in [-0.39, 0.29) is 114 Å². The number of carboxylic acid groups (broad SMARTS) is 2. The van der Waals surface area contributed by atoms with E-state index in [4.69, 9.17) is 96.5 Å². The third-order valence-corrected chi connectivity index (χ3v) is 16.1. The fraction of sp³-hybridized carbons (Fsp3) is 0.633. The summed E-state index contributed by atoms with van der Waals surface area (Å²) in [7, 11) is 0. The molecule has 2 aliphatic carbocycles. The van der Waals surface area contributed by atoms with Crippen molar-refractivity contribution >= 4 is 53.7 Å². The van der Waals surface area contributed by atoms with Crippen LogP contribution in [-0.4, -0.2) is 302 Å². The topological polar surface area (TPSA) is 396 Å². The third kappa shape index (κ3) is 53.4. The van der Waals surface area contributed by atoms with Crippen LogP contribution in [0.2, 0.25) is 0 Å². The summed E-state index contributed by atoms with van der Waals surface area (Å²) in [6.07, 6.45) is -0.548. The average Bonchev–Trinajstić information content (AvgIpc) is 1.62. The molecule has 3 amide bonds. The van der Waals surface area contributed by atoms with Gasteiger partial charge in [-0.3, -0.25) is 43.4 Å². The normalized spacial score (nSPS) is 11.7. The predicted molar refractivity (Wildman–Crippen MR) is 460 cm³/mol. The Bertz CT molecular complexity index is 3350. The first-order chi connectivity index (χ1) is 58.5. The van der Waals surface area contributed by atoms with Crippen LogP contribution in [0.15, 0.2) is 97.1 Å². The molecule has 122 heavy (non-hydrogen) atoms. The molecule has 0 aliphatic heterocycles. The molecule has 0 radical (unpaired) electrons. The van der Waals surface area contributed by atoms with E-state index in [1.807, 2.05) is 201 Å². The van der Waals surface area contributed by atoms with Gasteiger partial charge in [0.1, 0.15) is 49.7 Å². The Labute approximate surface area is 722 Å². The molecule has 0 heterocycles. The highest BCUT2D eigenvalue weighted by Crippen LogP contribution is 2.46. The van der Waals surface area contributed by atoms with E-state index in [2.05, 4.69) is 5.32 Å². The molecule has 0 spiro atoms. The molecule has 0 atom stereocenters. The highest BCUT2D eigenvalue weighted by Gasteiger charge is 2.33. The standard InChI is InChI=1S/C50H76N2O16.C19H17NO6.C15H31NO6.3C2H6/c1-49(2,3)67-46(55)17-21-59-25-29-63-33-32-62-28-24-58-20-11-12-39(53)36-52(48(57)66-38-44-42-15-9-7-13-40(42)41-14-8-10-16-43(41)44)37-45(54)51-19-23-61-27-31-65-35-34-64-30-26-60-22-18-47(56)68-50(4,5)6;21-17(22)9-20(10-18(23)24)19(25)26-11-16-14-7-3-1-5-12(14)13-6-2-4-8-15(13)16;1-15(2,3)22-14(17)4-6-18-8-10-20-12-13-21-11-9-19-7-5-16;3*1-2/h7-10,13-16,44H,11-12,17-38H2,1-6H3,(H,51,54);1-8,16H,9-11H2,(H,21,22)(H,23,24);4-13,16H2,1-3H3;3*1-2H3.